The molecule has 0 aliphatic rings. The maximum absolute atomic E-state index is 6.61. The molecule has 128 valence electrons. The van der Waals surface area contributed by atoms with E-state index < -0.39 is 25.2 Å². The molecule has 1 heterocycles. The lowest BCUT2D eigenvalue weighted by Gasteiger charge is -2.37. The number of rotatable bonds is 6. The van der Waals surface area contributed by atoms with Gasteiger partial charge in [-0.3, -0.25) is 0 Å². The molecule has 1 N–H and O–H groups in total. The first-order chi connectivity index (χ1) is 10.4. The van der Waals surface area contributed by atoms with Crippen molar-refractivity contribution in [3.05, 3.63) is 24.3 Å². The zero-order chi connectivity index (χ0) is 17.5. The molecule has 1 aromatic heterocycles. The van der Waals surface area contributed by atoms with Crippen LogP contribution < -0.4 is 10.1 Å². The van der Waals surface area contributed by atoms with E-state index in [1.54, 1.807) is 7.11 Å². The summed E-state index contributed by atoms with van der Waals surface area (Å²) in [5.41, 5.74) is 1.02. The number of ether oxygens (including phenoxy) is 1. The second-order valence-corrected chi connectivity index (χ2v) is 20.5. The molecule has 0 saturated heterocycles. The lowest BCUT2D eigenvalue weighted by molar-refractivity contribution is 0.403. The Bertz CT molecular complexity index is 670. The molecule has 4 nitrogen and oxygen atoms in total. The fraction of sp³-hybridized carbons (Fsp3) is 0.500. The monoisotopic (exact) mass is 367 g/mol. The van der Waals surface area contributed by atoms with E-state index in [2.05, 4.69) is 62.9 Å². The van der Waals surface area contributed by atoms with Gasteiger partial charge in [0, 0.05) is 5.39 Å². The number of nitrogens with one attached hydrogen (secondary N) is 1. The van der Waals surface area contributed by atoms with Crippen molar-refractivity contribution < 1.29 is 13.0 Å². The summed E-state index contributed by atoms with van der Waals surface area (Å²) in [6, 6.07) is 8.25. The van der Waals surface area contributed by atoms with E-state index >= 15 is 0 Å². The Morgan fingerprint density at radius 2 is 1.43 bits per heavy atom. The highest BCUT2D eigenvalue weighted by atomic mass is 28.5. The van der Waals surface area contributed by atoms with Gasteiger partial charge < -0.3 is 18.0 Å². The van der Waals surface area contributed by atoms with Gasteiger partial charge in [0.1, 0.15) is 5.75 Å². The molecule has 23 heavy (non-hydrogen) atoms. The van der Waals surface area contributed by atoms with E-state index in [0.717, 1.165) is 22.0 Å². The maximum atomic E-state index is 6.61. The van der Waals surface area contributed by atoms with Gasteiger partial charge >= 0.3 is 8.56 Å². The van der Waals surface area contributed by atoms with Crippen molar-refractivity contribution in [2.45, 2.75) is 45.8 Å². The van der Waals surface area contributed by atoms with Gasteiger partial charge in [0.15, 0.2) is 16.6 Å². The second kappa shape index (κ2) is 6.21. The van der Waals surface area contributed by atoms with Gasteiger partial charge in [-0.05, 0) is 58.0 Å². The molecule has 2 rings (SSSR count). The number of aromatic nitrogens is 1. The zero-order valence-electron chi connectivity index (χ0n) is 15.5. The third-order valence-corrected chi connectivity index (χ3v) is 12.6. The minimum atomic E-state index is -2.50. The number of fused-ring (bicyclic) bond motifs is 1. The van der Waals surface area contributed by atoms with Gasteiger partial charge in [-0.15, -0.1) is 0 Å². The Morgan fingerprint density at radius 1 is 0.870 bits per heavy atom. The van der Waals surface area contributed by atoms with Crippen molar-refractivity contribution in [2.75, 3.05) is 7.11 Å². The van der Waals surface area contributed by atoms with Crippen molar-refractivity contribution in [2.24, 2.45) is 0 Å². The van der Waals surface area contributed by atoms with Crippen LogP contribution in [0.5, 0.6) is 5.75 Å². The molecule has 7 heteroatoms. The molecule has 0 spiro atoms. The SMILES string of the molecule is COc1cccc2cc([Si](C)(O[Si](C)(C)C)O[Si](C)(C)C)[nH]c12. The van der Waals surface area contributed by atoms with Crippen LogP contribution in [0, 0.1) is 0 Å². The van der Waals surface area contributed by atoms with E-state index in [0.29, 0.717) is 0 Å². The van der Waals surface area contributed by atoms with E-state index in [1.807, 2.05) is 12.1 Å². The first-order valence-electron chi connectivity index (χ1n) is 8.00. The van der Waals surface area contributed by atoms with Crippen LogP contribution in [0.3, 0.4) is 0 Å². The van der Waals surface area contributed by atoms with Crippen molar-refractivity contribution >= 4 is 41.4 Å². The number of benzene rings is 1. The first kappa shape index (κ1) is 18.5. The normalized spacial score (nSPS) is 13.6. The highest BCUT2D eigenvalue weighted by molar-refractivity contribution is 6.93. The molecule has 0 amide bonds. The molecule has 2 aromatic rings. The van der Waals surface area contributed by atoms with Crippen LogP contribution in [0.15, 0.2) is 24.3 Å². The lowest BCUT2D eigenvalue weighted by Crippen LogP contribution is -2.60. The Labute approximate surface area is 142 Å². The average Bonchev–Trinajstić information content (AvgIpc) is 2.78. The van der Waals surface area contributed by atoms with Crippen LogP contribution in [-0.4, -0.2) is 37.3 Å². The standard InChI is InChI=1S/C16H29NO3Si3/c1-18-14-11-9-10-13-12-15(17-16(13)14)23(8,19-21(2,3)4)20-22(5,6)7/h9-12,17H,1-8H3. The minimum Gasteiger partial charge on any atom is -0.495 e. The molecule has 0 aliphatic carbocycles. The molecule has 0 fully saturated rings. The Balaban J connectivity index is 2.55. The van der Waals surface area contributed by atoms with Crippen LogP contribution in [0.4, 0.5) is 0 Å². The molecule has 0 atom stereocenters. The topological polar surface area (TPSA) is 43.5 Å². The number of para-hydroxylation sites is 1. The van der Waals surface area contributed by atoms with Crippen molar-refractivity contribution in [3.63, 3.8) is 0 Å². The van der Waals surface area contributed by atoms with Gasteiger partial charge in [-0.2, -0.15) is 0 Å². The van der Waals surface area contributed by atoms with Gasteiger partial charge in [-0.25, -0.2) is 0 Å². The number of methoxy groups -OCH3 is 1. The maximum Gasteiger partial charge on any atom is 0.365 e. The van der Waals surface area contributed by atoms with Crippen LogP contribution in [0.1, 0.15) is 0 Å². The summed E-state index contributed by atoms with van der Waals surface area (Å²) in [4.78, 5) is 3.53. The van der Waals surface area contributed by atoms with Crippen molar-refractivity contribution in [1.29, 1.82) is 0 Å². The molecule has 1 aromatic carbocycles. The summed E-state index contributed by atoms with van der Waals surface area (Å²) in [5, 5.41) is 2.22. The van der Waals surface area contributed by atoms with E-state index in [9.17, 15) is 0 Å². The fourth-order valence-corrected chi connectivity index (χ4v) is 14.4. The van der Waals surface area contributed by atoms with Crippen LogP contribution in [0.2, 0.25) is 45.8 Å². The number of aromatic amines is 1. The third-order valence-electron chi connectivity index (χ3n) is 3.33. The summed E-state index contributed by atoms with van der Waals surface area (Å²) >= 11 is 0. The number of hydrogen-bond donors (Lipinski definition) is 1. The Morgan fingerprint density at radius 3 is 1.91 bits per heavy atom. The predicted molar refractivity (Wildman–Crippen MR) is 105 cm³/mol. The molecule has 0 saturated carbocycles. The second-order valence-electron chi connectivity index (χ2n) is 7.98. The van der Waals surface area contributed by atoms with Crippen LogP contribution in [-0.2, 0) is 8.23 Å². The first-order valence-corrected chi connectivity index (χ1v) is 17.1. The minimum absolute atomic E-state index is 0.853. The van der Waals surface area contributed by atoms with E-state index in [-0.39, 0.29) is 0 Å². The lowest BCUT2D eigenvalue weighted by atomic mass is 10.2. The third kappa shape index (κ3) is 4.57. The molecular formula is C16H29NO3Si3. The average molecular weight is 368 g/mol. The molecule has 0 radical (unpaired) electrons. The molecule has 0 unspecified atom stereocenters. The quantitative estimate of drug-likeness (QED) is 0.780. The molecular weight excluding hydrogens is 338 g/mol. The highest BCUT2D eigenvalue weighted by Crippen LogP contribution is 2.26. The highest BCUT2D eigenvalue weighted by Gasteiger charge is 2.43. The summed E-state index contributed by atoms with van der Waals surface area (Å²) < 4.78 is 18.7. The zero-order valence-corrected chi connectivity index (χ0v) is 18.5. The fourth-order valence-electron chi connectivity index (χ4n) is 2.84. The van der Waals surface area contributed by atoms with Crippen molar-refractivity contribution in [1.82, 2.24) is 4.98 Å². The largest absolute Gasteiger partial charge is 0.495 e. The number of H-pyrrole nitrogens is 1. The van der Waals surface area contributed by atoms with Gasteiger partial charge in [-0.1, -0.05) is 12.1 Å². The molecule has 0 aliphatic heterocycles. The summed E-state index contributed by atoms with van der Waals surface area (Å²) in [5.74, 6) is 0.853. The summed E-state index contributed by atoms with van der Waals surface area (Å²) in [7, 11) is -4.28. The predicted octanol–water partition coefficient (Wildman–Crippen LogP) is 4.16. The Kier molecular flexibility index (Phi) is 4.99. The van der Waals surface area contributed by atoms with Crippen molar-refractivity contribution in [3.8, 4) is 5.75 Å². The van der Waals surface area contributed by atoms with Gasteiger partial charge in [0.25, 0.3) is 0 Å². The van der Waals surface area contributed by atoms with Crippen LogP contribution >= 0.6 is 0 Å². The molecule has 0 bridgehead atoms. The van der Waals surface area contributed by atoms with Crippen LogP contribution in [0.25, 0.3) is 10.9 Å². The summed E-state index contributed by atoms with van der Waals surface area (Å²) in [6.45, 7) is 15.5. The van der Waals surface area contributed by atoms with E-state index in [4.69, 9.17) is 13.0 Å². The smallest absolute Gasteiger partial charge is 0.365 e. The number of hydrogen-bond acceptors (Lipinski definition) is 3. The summed E-state index contributed by atoms with van der Waals surface area (Å²) in [6.07, 6.45) is 0. The van der Waals surface area contributed by atoms with E-state index in [1.165, 1.54) is 0 Å². The van der Waals surface area contributed by atoms with Gasteiger partial charge in [0.2, 0.25) is 0 Å². The van der Waals surface area contributed by atoms with Gasteiger partial charge in [0.05, 0.1) is 17.9 Å². The Hall–Kier alpha value is -0.869.